The Labute approximate surface area is 337 Å². The summed E-state index contributed by atoms with van der Waals surface area (Å²) in [6, 6.07) is 48.5. The molecule has 1 fully saturated rings. The molecule has 0 spiro atoms. The summed E-state index contributed by atoms with van der Waals surface area (Å²) in [5.41, 5.74) is 7.22. The topological polar surface area (TPSA) is 118 Å². The fraction of sp³-hybridized carbons (Fsp3) is 0.191. The Morgan fingerprint density at radius 2 is 1.35 bits per heavy atom. The summed E-state index contributed by atoms with van der Waals surface area (Å²) in [5, 5.41) is 18.3. The lowest BCUT2D eigenvalue weighted by Gasteiger charge is -2.41. The highest BCUT2D eigenvalue weighted by Gasteiger charge is 2.38. The molecule has 7 rings (SSSR count). The van der Waals surface area contributed by atoms with Gasteiger partial charge < -0.3 is 35.3 Å². The maximum absolute atomic E-state index is 12.7. The average Bonchev–Trinajstić information content (AvgIpc) is 3.24. The van der Waals surface area contributed by atoms with Crippen LogP contribution in [0.5, 0.6) is 11.5 Å². The molecular formula is C47H45N3O6S. The van der Waals surface area contributed by atoms with Crippen LogP contribution >= 0.6 is 11.8 Å². The number of aliphatic hydroxyl groups excluding tert-OH is 1. The average molecular weight is 780 g/mol. The van der Waals surface area contributed by atoms with Crippen LogP contribution in [0.2, 0.25) is 0 Å². The molecule has 0 radical (unpaired) electrons. The van der Waals surface area contributed by atoms with Gasteiger partial charge in [0.25, 0.3) is 0 Å². The van der Waals surface area contributed by atoms with Crippen molar-refractivity contribution in [2.45, 2.75) is 50.4 Å². The molecule has 1 heterocycles. The van der Waals surface area contributed by atoms with Crippen molar-refractivity contribution in [3.8, 4) is 22.6 Å². The summed E-state index contributed by atoms with van der Waals surface area (Å²) in [6.45, 7) is 3.99. The number of amides is 3. The number of hydrogen-bond donors (Lipinski definition) is 4. The molecule has 6 aromatic rings. The first-order valence-corrected chi connectivity index (χ1v) is 19.9. The van der Waals surface area contributed by atoms with Crippen LogP contribution < -0.4 is 20.7 Å². The first kappa shape index (κ1) is 39.3. The highest BCUT2D eigenvalue weighted by Crippen LogP contribution is 2.43. The predicted molar refractivity (Wildman–Crippen MR) is 225 cm³/mol. The maximum Gasteiger partial charge on any atom is 0.319 e. The molecule has 0 saturated carbocycles. The fourth-order valence-electron chi connectivity index (χ4n) is 6.61. The third kappa shape index (κ3) is 10.7. The molecule has 1 saturated heterocycles. The number of ether oxygens (including phenoxy) is 3. The van der Waals surface area contributed by atoms with Crippen LogP contribution in [-0.2, 0) is 27.4 Å². The number of anilines is 2. The molecule has 290 valence electrons. The lowest BCUT2D eigenvalue weighted by molar-refractivity contribution is -0.268. The van der Waals surface area contributed by atoms with E-state index >= 15 is 0 Å². The lowest BCUT2D eigenvalue weighted by atomic mass is 9.91. The van der Waals surface area contributed by atoms with Crippen molar-refractivity contribution in [3.05, 3.63) is 174 Å². The van der Waals surface area contributed by atoms with Crippen molar-refractivity contribution >= 4 is 35.1 Å². The molecule has 4 N–H and O–H groups in total. The Morgan fingerprint density at radius 3 is 2.05 bits per heavy atom. The van der Waals surface area contributed by atoms with E-state index in [0.29, 0.717) is 23.7 Å². The van der Waals surface area contributed by atoms with Gasteiger partial charge in [0.15, 0.2) is 6.29 Å². The molecule has 3 amide bonds. The summed E-state index contributed by atoms with van der Waals surface area (Å²) in [4.78, 5) is 25.3. The summed E-state index contributed by atoms with van der Waals surface area (Å²) in [7, 11) is 0. The van der Waals surface area contributed by atoms with E-state index in [9.17, 15) is 14.7 Å². The van der Waals surface area contributed by atoms with Crippen LogP contribution in [-0.4, -0.2) is 28.9 Å². The van der Waals surface area contributed by atoms with E-state index in [-0.39, 0.29) is 36.7 Å². The van der Waals surface area contributed by atoms with Crippen molar-refractivity contribution in [1.82, 2.24) is 5.32 Å². The van der Waals surface area contributed by atoms with Gasteiger partial charge in [0.1, 0.15) is 11.5 Å². The number of urea groups is 1. The highest BCUT2D eigenvalue weighted by molar-refractivity contribution is 7.99. The standard InChI is InChI=1S/C47H45N3O6S/c1-31-44(30-57-43-25-21-39(22-26-43)49-32(2)52)55-46(56-45(31)36-13-11-33(29-51)12-14-36)37-17-15-35(16-18-37)38-8-6-7-34(27-38)28-48-47(53)50-40-19-23-42(24-20-40)54-41-9-4-3-5-10-41/h3-27,31,44-46,51H,28-30H2,1-2H3,(H,49,52)(H2,48,50,53). The van der Waals surface area contributed by atoms with E-state index in [4.69, 9.17) is 14.2 Å². The minimum Gasteiger partial charge on any atom is -0.457 e. The minimum atomic E-state index is -0.591. The van der Waals surface area contributed by atoms with Gasteiger partial charge in [0.05, 0.1) is 18.8 Å². The molecule has 0 aromatic heterocycles. The minimum absolute atomic E-state index is 0.0181. The first-order valence-electron chi connectivity index (χ1n) is 18.9. The van der Waals surface area contributed by atoms with Gasteiger partial charge in [0, 0.05) is 47.0 Å². The second-order valence-corrected chi connectivity index (χ2v) is 15.0. The molecular weight excluding hydrogens is 735 g/mol. The zero-order chi connectivity index (χ0) is 39.6. The van der Waals surface area contributed by atoms with E-state index in [0.717, 1.165) is 49.7 Å². The largest absolute Gasteiger partial charge is 0.457 e. The number of benzene rings is 6. The zero-order valence-corrected chi connectivity index (χ0v) is 32.6. The molecule has 57 heavy (non-hydrogen) atoms. The number of carbonyl (C=O) groups excluding carboxylic acids is 2. The van der Waals surface area contributed by atoms with Crippen LogP contribution in [0, 0.1) is 5.92 Å². The van der Waals surface area contributed by atoms with Crippen LogP contribution in [0.25, 0.3) is 11.1 Å². The number of hydrogen-bond acceptors (Lipinski definition) is 7. The van der Waals surface area contributed by atoms with E-state index in [1.165, 1.54) is 6.92 Å². The third-order valence-corrected chi connectivity index (χ3v) is 10.8. The summed E-state index contributed by atoms with van der Waals surface area (Å²) in [6.07, 6.45) is -0.939. The van der Waals surface area contributed by atoms with Crippen LogP contribution in [0.15, 0.2) is 157 Å². The Balaban J connectivity index is 0.986. The number of nitrogens with one attached hydrogen (secondary N) is 3. The Bertz CT molecular complexity index is 2230. The molecule has 4 unspecified atom stereocenters. The fourth-order valence-corrected chi connectivity index (χ4v) is 7.68. The smallest absolute Gasteiger partial charge is 0.319 e. The van der Waals surface area contributed by atoms with Crippen molar-refractivity contribution in [3.63, 3.8) is 0 Å². The summed E-state index contributed by atoms with van der Waals surface area (Å²) >= 11 is 1.71. The number of para-hydroxylation sites is 1. The van der Waals surface area contributed by atoms with Crippen molar-refractivity contribution < 1.29 is 28.9 Å². The number of thioether (sulfide) groups is 1. The van der Waals surface area contributed by atoms with Gasteiger partial charge in [-0.05, 0) is 94.5 Å². The van der Waals surface area contributed by atoms with Gasteiger partial charge in [-0.2, -0.15) is 0 Å². The maximum atomic E-state index is 12.7. The van der Waals surface area contributed by atoms with Crippen molar-refractivity contribution in [2.75, 3.05) is 16.4 Å². The monoisotopic (exact) mass is 779 g/mol. The third-order valence-electron chi connectivity index (χ3n) is 9.70. The predicted octanol–water partition coefficient (Wildman–Crippen LogP) is 10.5. The lowest BCUT2D eigenvalue weighted by Crippen LogP contribution is -2.38. The Hall–Kier alpha value is -5.91. The first-order chi connectivity index (χ1) is 27.8. The van der Waals surface area contributed by atoms with Gasteiger partial charge in [-0.3, -0.25) is 4.79 Å². The number of rotatable bonds is 13. The van der Waals surface area contributed by atoms with E-state index in [1.807, 2.05) is 115 Å². The van der Waals surface area contributed by atoms with Gasteiger partial charge >= 0.3 is 6.03 Å². The molecule has 6 aromatic carbocycles. The molecule has 9 nitrogen and oxygen atoms in total. The van der Waals surface area contributed by atoms with Crippen LogP contribution in [0.3, 0.4) is 0 Å². The quantitative estimate of drug-likeness (QED) is 0.0862. The molecule has 1 aliphatic heterocycles. The molecule has 10 heteroatoms. The number of carbonyl (C=O) groups is 2. The molecule has 0 aliphatic carbocycles. The molecule has 1 aliphatic rings. The zero-order valence-electron chi connectivity index (χ0n) is 31.8. The second-order valence-electron chi connectivity index (χ2n) is 13.9. The SMILES string of the molecule is CC(=O)Nc1ccc(SCC2OC(c3ccc(-c4cccc(CNC(=O)Nc5ccc(Oc6ccccc6)cc5)c4)cc3)OC(c3ccc(CO)cc3)C2C)cc1. The van der Waals surface area contributed by atoms with Crippen molar-refractivity contribution in [1.29, 1.82) is 0 Å². The van der Waals surface area contributed by atoms with E-state index < -0.39 is 6.29 Å². The van der Waals surface area contributed by atoms with Gasteiger partial charge in [-0.25, -0.2) is 4.79 Å². The van der Waals surface area contributed by atoms with Gasteiger partial charge in [0.2, 0.25) is 5.91 Å². The number of aliphatic hydroxyl groups is 1. The van der Waals surface area contributed by atoms with Crippen molar-refractivity contribution in [2.24, 2.45) is 5.92 Å². The van der Waals surface area contributed by atoms with Gasteiger partial charge in [-0.15, -0.1) is 11.8 Å². The van der Waals surface area contributed by atoms with E-state index in [2.05, 4.69) is 47.1 Å². The highest BCUT2D eigenvalue weighted by atomic mass is 32.2. The molecule has 0 bridgehead atoms. The van der Waals surface area contributed by atoms with Crippen LogP contribution in [0.1, 0.15) is 48.5 Å². The summed E-state index contributed by atoms with van der Waals surface area (Å²) in [5.74, 6) is 2.08. The normalized spacial score (nSPS) is 17.7. The van der Waals surface area contributed by atoms with Crippen LogP contribution in [0.4, 0.5) is 16.2 Å². The Morgan fingerprint density at radius 1 is 0.684 bits per heavy atom. The van der Waals surface area contributed by atoms with Gasteiger partial charge in [-0.1, -0.05) is 91.9 Å². The van der Waals surface area contributed by atoms with E-state index in [1.54, 1.807) is 23.9 Å². The second kappa shape index (κ2) is 18.8. The Kier molecular flexibility index (Phi) is 13.0. The molecule has 4 atom stereocenters. The summed E-state index contributed by atoms with van der Waals surface area (Å²) < 4.78 is 19.2.